The summed E-state index contributed by atoms with van der Waals surface area (Å²) in [6.07, 6.45) is -0.493. The van der Waals surface area contributed by atoms with Crippen LogP contribution in [0.5, 0.6) is 0 Å². The molecule has 0 fully saturated rings. The van der Waals surface area contributed by atoms with Crippen LogP contribution in [0, 0.1) is 6.92 Å². The molecule has 4 aromatic rings. The second-order valence-electron chi connectivity index (χ2n) is 6.46. The molecule has 5 rings (SSSR count). The standard InChI is InChI=1S/C19H15Cl2N7/c1-10-15(16(21)28(26-10)13-8-4-2-6-11(13)20)17-24-18(22)25-19-23-12-7-3-5-9-14(12)27(17)19/h2-9,17H,1H3,(H3,22,23,24,25). The fourth-order valence-electron chi connectivity index (χ4n) is 3.50. The van der Waals surface area contributed by atoms with Gasteiger partial charge in [0.25, 0.3) is 0 Å². The topological polar surface area (TPSA) is 86.1 Å². The van der Waals surface area contributed by atoms with Crippen LogP contribution in [0.4, 0.5) is 5.95 Å². The highest BCUT2D eigenvalue weighted by atomic mass is 35.5. The zero-order valence-corrected chi connectivity index (χ0v) is 16.3. The lowest BCUT2D eigenvalue weighted by molar-refractivity contribution is 0.623. The molecule has 0 bridgehead atoms. The number of hydrogen-bond acceptors (Lipinski definition) is 5. The highest BCUT2D eigenvalue weighted by Crippen LogP contribution is 2.38. The van der Waals surface area contributed by atoms with Gasteiger partial charge in [-0.25, -0.2) is 14.7 Å². The van der Waals surface area contributed by atoms with Gasteiger partial charge in [-0.1, -0.05) is 47.5 Å². The summed E-state index contributed by atoms with van der Waals surface area (Å²) in [6, 6.07) is 15.2. The Hall–Kier alpha value is -3.03. The van der Waals surface area contributed by atoms with Crippen LogP contribution in [-0.4, -0.2) is 25.3 Å². The van der Waals surface area contributed by atoms with E-state index in [9.17, 15) is 0 Å². The molecule has 2 aromatic heterocycles. The van der Waals surface area contributed by atoms with E-state index in [4.69, 9.17) is 28.9 Å². The maximum atomic E-state index is 6.78. The maximum Gasteiger partial charge on any atom is 0.212 e. The molecule has 28 heavy (non-hydrogen) atoms. The monoisotopic (exact) mass is 411 g/mol. The van der Waals surface area contributed by atoms with Crippen LogP contribution in [0.3, 0.4) is 0 Å². The minimum absolute atomic E-state index is 0.272. The van der Waals surface area contributed by atoms with Gasteiger partial charge in [0.15, 0.2) is 12.1 Å². The van der Waals surface area contributed by atoms with Crippen molar-refractivity contribution in [3.8, 4) is 5.69 Å². The summed E-state index contributed by atoms with van der Waals surface area (Å²) in [4.78, 5) is 9.22. The van der Waals surface area contributed by atoms with Crippen LogP contribution < -0.4 is 11.1 Å². The van der Waals surface area contributed by atoms with Gasteiger partial charge in [0.05, 0.1) is 33.0 Å². The van der Waals surface area contributed by atoms with E-state index < -0.39 is 6.17 Å². The van der Waals surface area contributed by atoms with E-state index in [-0.39, 0.29) is 5.96 Å². The summed E-state index contributed by atoms with van der Waals surface area (Å²) in [5.41, 5.74) is 9.98. The molecule has 0 aliphatic carbocycles. The number of aryl methyl sites for hydroxylation is 1. The van der Waals surface area contributed by atoms with E-state index >= 15 is 0 Å². The van der Waals surface area contributed by atoms with Gasteiger partial charge >= 0.3 is 0 Å². The van der Waals surface area contributed by atoms with Crippen molar-refractivity contribution in [2.45, 2.75) is 13.1 Å². The van der Waals surface area contributed by atoms with Crippen molar-refractivity contribution < 1.29 is 0 Å². The van der Waals surface area contributed by atoms with Crippen molar-refractivity contribution in [2.75, 3.05) is 5.32 Å². The molecule has 0 spiro atoms. The number of anilines is 1. The largest absolute Gasteiger partial charge is 0.370 e. The third-order valence-electron chi connectivity index (χ3n) is 4.73. The van der Waals surface area contributed by atoms with Crippen molar-refractivity contribution in [3.05, 3.63) is 70.0 Å². The number of halogens is 2. The van der Waals surface area contributed by atoms with Gasteiger partial charge in [-0.3, -0.25) is 9.88 Å². The number of para-hydroxylation sites is 3. The molecule has 0 amide bonds. The Labute approximate surface area is 170 Å². The number of fused-ring (bicyclic) bond motifs is 3. The Balaban J connectivity index is 1.75. The average Bonchev–Trinajstić information content (AvgIpc) is 3.18. The molecule has 0 radical (unpaired) electrons. The van der Waals surface area contributed by atoms with Crippen molar-refractivity contribution in [1.29, 1.82) is 0 Å². The van der Waals surface area contributed by atoms with Gasteiger partial charge in [0, 0.05) is 0 Å². The van der Waals surface area contributed by atoms with Gasteiger partial charge in [-0.15, -0.1) is 0 Å². The van der Waals surface area contributed by atoms with E-state index in [2.05, 4.69) is 20.4 Å². The Morgan fingerprint density at radius 3 is 2.64 bits per heavy atom. The van der Waals surface area contributed by atoms with Crippen LogP contribution >= 0.6 is 23.2 Å². The lowest BCUT2D eigenvalue weighted by Gasteiger charge is -2.23. The van der Waals surface area contributed by atoms with E-state index in [1.54, 1.807) is 10.7 Å². The number of nitrogens with one attached hydrogen (secondary N) is 1. The first-order chi connectivity index (χ1) is 13.5. The molecule has 1 aliphatic heterocycles. The normalized spacial score (nSPS) is 16.0. The fourth-order valence-corrected chi connectivity index (χ4v) is 4.08. The fraction of sp³-hybridized carbons (Fsp3) is 0.105. The molecule has 7 nitrogen and oxygen atoms in total. The molecule has 3 N–H and O–H groups in total. The number of aliphatic imine (C=N–C) groups is 1. The average molecular weight is 412 g/mol. The summed E-state index contributed by atoms with van der Waals surface area (Å²) in [5.74, 6) is 0.883. The minimum Gasteiger partial charge on any atom is -0.370 e. The highest BCUT2D eigenvalue weighted by Gasteiger charge is 2.31. The smallest absolute Gasteiger partial charge is 0.212 e. The van der Waals surface area contributed by atoms with Crippen LogP contribution in [-0.2, 0) is 0 Å². The third-order valence-corrected chi connectivity index (χ3v) is 5.41. The second-order valence-corrected chi connectivity index (χ2v) is 7.23. The molecule has 1 unspecified atom stereocenters. The van der Waals surface area contributed by atoms with Crippen molar-refractivity contribution >= 4 is 46.1 Å². The highest BCUT2D eigenvalue weighted by molar-refractivity contribution is 6.33. The SMILES string of the molecule is Cc1nn(-c2ccccc2Cl)c(Cl)c1C1N=C(N)Nc2nc3ccccc3n21. The molecular weight excluding hydrogens is 397 g/mol. The molecular formula is C19H15Cl2N7. The minimum atomic E-state index is -0.493. The molecule has 140 valence electrons. The van der Waals surface area contributed by atoms with Crippen LogP contribution in [0.2, 0.25) is 10.2 Å². The molecule has 9 heteroatoms. The molecule has 1 atom stereocenters. The van der Waals surface area contributed by atoms with Crippen molar-refractivity contribution in [2.24, 2.45) is 10.7 Å². The van der Waals surface area contributed by atoms with E-state index in [1.807, 2.05) is 54.0 Å². The summed E-state index contributed by atoms with van der Waals surface area (Å²) in [6.45, 7) is 1.89. The second kappa shape index (κ2) is 6.25. The van der Waals surface area contributed by atoms with E-state index in [0.717, 1.165) is 22.3 Å². The molecule has 1 aliphatic rings. The van der Waals surface area contributed by atoms with Gasteiger partial charge in [-0.2, -0.15) is 5.10 Å². The lowest BCUT2D eigenvalue weighted by atomic mass is 10.2. The number of benzene rings is 2. The van der Waals surface area contributed by atoms with Crippen LogP contribution in [0.1, 0.15) is 17.4 Å². The van der Waals surface area contributed by atoms with Crippen LogP contribution in [0.25, 0.3) is 16.7 Å². The third kappa shape index (κ3) is 2.47. The van der Waals surface area contributed by atoms with Gasteiger partial charge in [0.2, 0.25) is 5.95 Å². The lowest BCUT2D eigenvalue weighted by Crippen LogP contribution is -2.31. The number of rotatable bonds is 2. The summed E-state index contributed by atoms with van der Waals surface area (Å²) >= 11 is 13.1. The Morgan fingerprint density at radius 1 is 1.07 bits per heavy atom. The number of hydrogen-bond donors (Lipinski definition) is 2. The molecule has 0 saturated carbocycles. The Bertz CT molecular complexity index is 1250. The summed E-state index contributed by atoms with van der Waals surface area (Å²) in [5, 5.41) is 8.62. The van der Waals surface area contributed by atoms with Gasteiger partial charge in [-0.05, 0) is 31.2 Å². The first-order valence-corrected chi connectivity index (χ1v) is 9.37. The number of nitrogens with zero attached hydrogens (tertiary/aromatic N) is 5. The van der Waals surface area contributed by atoms with Gasteiger partial charge < -0.3 is 5.73 Å². The number of nitrogens with two attached hydrogens (primary N) is 1. The molecule has 0 saturated heterocycles. The molecule has 3 heterocycles. The first-order valence-electron chi connectivity index (χ1n) is 8.62. The predicted octanol–water partition coefficient (Wildman–Crippen LogP) is 4.12. The first kappa shape index (κ1) is 17.1. The summed E-state index contributed by atoms with van der Waals surface area (Å²) in [7, 11) is 0. The van der Waals surface area contributed by atoms with E-state index in [1.165, 1.54) is 0 Å². The number of guanidine groups is 1. The maximum absolute atomic E-state index is 6.78. The van der Waals surface area contributed by atoms with Gasteiger partial charge in [0.1, 0.15) is 5.15 Å². The predicted molar refractivity (Wildman–Crippen MR) is 111 cm³/mol. The zero-order valence-electron chi connectivity index (χ0n) is 14.8. The van der Waals surface area contributed by atoms with E-state index in [0.29, 0.717) is 21.8 Å². The van der Waals surface area contributed by atoms with Crippen molar-refractivity contribution in [1.82, 2.24) is 19.3 Å². The number of imidazole rings is 1. The quantitative estimate of drug-likeness (QED) is 0.519. The zero-order chi connectivity index (χ0) is 19.4. The number of aromatic nitrogens is 4. The Morgan fingerprint density at radius 2 is 1.82 bits per heavy atom. The summed E-state index contributed by atoms with van der Waals surface area (Å²) < 4.78 is 3.60. The van der Waals surface area contributed by atoms with Crippen molar-refractivity contribution in [3.63, 3.8) is 0 Å². The van der Waals surface area contributed by atoms with Crippen LogP contribution in [0.15, 0.2) is 53.5 Å². The molecule has 2 aromatic carbocycles. The Kier molecular flexibility index (Phi) is 3.82.